The molecule has 0 aliphatic heterocycles. The third kappa shape index (κ3) is 1.99. The molecule has 0 spiro atoms. The predicted molar refractivity (Wildman–Crippen MR) is 65.6 cm³/mol. The summed E-state index contributed by atoms with van der Waals surface area (Å²) in [6.45, 7) is 0. The van der Waals surface area contributed by atoms with Gasteiger partial charge in [0.1, 0.15) is 10.2 Å². The maximum atomic E-state index is 13.0. The molecule has 17 heavy (non-hydrogen) atoms. The predicted octanol–water partition coefficient (Wildman–Crippen LogP) is 3.55. The molecule has 0 radical (unpaired) electrons. The number of hydrogen-bond donors (Lipinski definition) is 0. The van der Waals surface area contributed by atoms with Crippen molar-refractivity contribution in [2.24, 2.45) is 0 Å². The van der Waals surface area contributed by atoms with Crippen LogP contribution in [0.2, 0.25) is 5.15 Å². The first-order chi connectivity index (χ1) is 8.22. The van der Waals surface area contributed by atoms with Gasteiger partial charge in [0, 0.05) is 30.1 Å². The summed E-state index contributed by atoms with van der Waals surface area (Å²) in [6.07, 6.45) is 3.08. The Kier molecular flexibility index (Phi) is 2.49. The molecule has 0 fully saturated rings. The highest BCUT2D eigenvalue weighted by atomic mass is 35.5. The van der Waals surface area contributed by atoms with Crippen LogP contribution >= 0.6 is 22.9 Å². The van der Waals surface area contributed by atoms with E-state index in [1.807, 2.05) is 0 Å². The monoisotopic (exact) mass is 265 g/mol. The van der Waals surface area contributed by atoms with Crippen LogP contribution in [0.4, 0.5) is 4.39 Å². The largest absolute Gasteiger partial charge is 0.243 e. The fourth-order valence-electron chi connectivity index (χ4n) is 1.47. The van der Waals surface area contributed by atoms with Crippen LogP contribution in [0.25, 0.3) is 20.8 Å². The van der Waals surface area contributed by atoms with Crippen molar-refractivity contribution >= 4 is 33.2 Å². The van der Waals surface area contributed by atoms with Crippen molar-refractivity contribution in [2.75, 3.05) is 0 Å². The third-order valence-corrected chi connectivity index (χ3v) is 3.48. The summed E-state index contributed by atoms with van der Waals surface area (Å²) in [5.41, 5.74) is 1.47. The van der Waals surface area contributed by atoms with Crippen LogP contribution in [0.15, 0.2) is 30.6 Å². The average molecular weight is 266 g/mol. The van der Waals surface area contributed by atoms with Gasteiger partial charge in [-0.25, -0.2) is 15.0 Å². The topological polar surface area (TPSA) is 38.7 Å². The molecule has 0 aromatic carbocycles. The highest BCUT2D eigenvalue weighted by molar-refractivity contribution is 7.21. The summed E-state index contributed by atoms with van der Waals surface area (Å²) >= 11 is 7.22. The first kappa shape index (κ1) is 10.6. The molecule has 0 saturated heterocycles. The Bertz CT molecular complexity index is 698. The maximum Gasteiger partial charge on any atom is 0.213 e. The second-order valence-electron chi connectivity index (χ2n) is 3.36. The second kappa shape index (κ2) is 4.01. The summed E-state index contributed by atoms with van der Waals surface area (Å²) in [4.78, 5) is 11.9. The molecule has 0 aliphatic carbocycles. The van der Waals surface area contributed by atoms with E-state index in [-0.39, 0.29) is 0 Å². The van der Waals surface area contributed by atoms with Crippen molar-refractivity contribution in [1.82, 2.24) is 15.0 Å². The van der Waals surface area contributed by atoms with Crippen LogP contribution in [0.5, 0.6) is 0 Å². The number of fused-ring (bicyclic) bond motifs is 1. The molecule has 0 atom stereocenters. The maximum absolute atomic E-state index is 13.0. The molecular formula is C11H5ClFN3S. The van der Waals surface area contributed by atoms with Crippen molar-refractivity contribution in [3.05, 3.63) is 41.7 Å². The van der Waals surface area contributed by atoms with E-state index in [0.29, 0.717) is 10.7 Å². The number of pyridine rings is 2. The molecule has 3 rings (SSSR count). The lowest BCUT2D eigenvalue weighted by molar-refractivity contribution is 0.584. The van der Waals surface area contributed by atoms with Crippen LogP contribution in [-0.2, 0) is 0 Å². The first-order valence-corrected chi connectivity index (χ1v) is 5.96. The number of halogens is 2. The third-order valence-electron chi connectivity index (χ3n) is 2.22. The van der Waals surface area contributed by atoms with Crippen LogP contribution in [0.1, 0.15) is 0 Å². The van der Waals surface area contributed by atoms with Gasteiger partial charge in [-0.05, 0) is 6.07 Å². The number of hydrogen-bond acceptors (Lipinski definition) is 4. The van der Waals surface area contributed by atoms with Crippen molar-refractivity contribution in [1.29, 1.82) is 0 Å². The van der Waals surface area contributed by atoms with E-state index < -0.39 is 5.95 Å². The number of aromatic nitrogens is 3. The minimum absolute atomic E-state index is 0.398. The normalized spacial score (nSPS) is 10.9. The van der Waals surface area contributed by atoms with Crippen molar-refractivity contribution in [3.8, 4) is 10.6 Å². The van der Waals surface area contributed by atoms with Crippen molar-refractivity contribution < 1.29 is 4.39 Å². The number of thiazole rings is 1. The highest BCUT2D eigenvalue weighted by Gasteiger charge is 2.08. The van der Waals surface area contributed by atoms with Crippen molar-refractivity contribution in [2.45, 2.75) is 0 Å². The van der Waals surface area contributed by atoms with Gasteiger partial charge in [0.25, 0.3) is 0 Å². The van der Waals surface area contributed by atoms with Gasteiger partial charge in [0.05, 0.1) is 10.2 Å². The van der Waals surface area contributed by atoms with E-state index >= 15 is 0 Å². The van der Waals surface area contributed by atoms with Gasteiger partial charge in [0.15, 0.2) is 0 Å². The molecule has 0 aliphatic rings. The molecule has 3 nitrogen and oxygen atoms in total. The van der Waals surface area contributed by atoms with Gasteiger partial charge in [-0.2, -0.15) is 4.39 Å². The molecule has 0 amide bonds. The SMILES string of the molecule is Fc1cc(-c2nc3cc(Cl)ncc3s2)ccn1. The van der Waals surface area contributed by atoms with E-state index in [2.05, 4.69) is 15.0 Å². The minimum atomic E-state index is -0.516. The summed E-state index contributed by atoms with van der Waals surface area (Å²) in [5, 5.41) is 1.13. The summed E-state index contributed by atoms with van der Waals surface area (Å²) < 4.78 is 13.9. The van der Waals surface area contributed by atoms with Crippen LogP contribution in [0.3, 0.4) is 0 Å². The first-order valence-electron chi connectivity index (χ1n) is 4.76. The number of rotatable bonds is 1. The van der Waals surface area contributed by atoms with E-state index in [9.17, 15) is 4.39 Å². The number of nitrogens with zero attached hydrogens (tertiary/aromatic N) is 3. The van der Waals surface area contributed by atoms with Crippen LogP contribution in [-0.4, -0.2) is 15.0 Å². The Labute approximate surface area is 105 Å². The van der Waals surface area contributed by atoms with E-state index in [0.717, 1.165) is 15.2 Å². The van der Waals surface area contributed by atoms with Gasteiger partial charge in [0.2, 0.25) is 5.95 Å². The molecule has 3 heterocycles. The summed E-state index contributed by atoms with van der Waals surface area (Å²) in [5.74, 6) is -0.516. The second-order valence-corrected chi connectivity index (χ2v) is 4.78. The molecule has 0 saturated carbocycles. The summed E-state index contributed by atoms with van der Waals surface area (Å²) in [6, 6.07) is 4.76. The smallest absolute Gasteiger partial charge is 0.213 e. The van der Waals surface area contributed by atoms with Crippen LogP contribution < -0.4 is 0 Å². The Morgan fingerprint density at radius 1 is 1.24 bits per heavy atom. The Hall–Kier alpha value is -1.59. The van der Waals surface area contributed by atoms with E-state index in [4.69, 9.17) is 11.6 Å². The van der Waals surface area contributed by atoms with Gasteiger partial charge in [-0.15, -0.1) is 11.3 Å². The molecule has 84 valence electrons. The fourth-order valence-corrected chi connectivity index (χ4v) is 2.53. The average Bonchev–Trinajstić information content (AvgIpc) is 2.72. The molecule has 0 unspecified atom stereocenters. The molecular weight excluding hydrogens is 261 g/mol. The van der Waals surface area contributed by atoms with Gasteiger partial charge < -0.3 is 0 Å². The standard InChI is InChI=1S/C11H5ClFN3S/c12-9-4-7-8(5-15-9)17-11(16-7)6-1-2-14-10(13)3-6/h1-5H. The quantitative estimate of drug-likeness (QED) is 0.632. The lowest BCUT2D eigenvalue weighted by Crippen LogP contribution is -1.82. The fraction of sp³-hybridized carbons (Fsp3) is 0. The zero-order valence-electron chi connectivity index (χ0n) is 8.39. The molecule has 0 N–H and O–H groups in total. The lowest BCUT2D eigenvalue weighted by atomic mass is 10.3. The molecule has 0 bridgehead atoms. The van der Waals surface area contributed by atoms with Crippen molar-refractivity contribution in [3.63, 3.8) is 0 Å². The Morgan fingerprint density at radius 3 is 2.94 bits per heavy atom. The van der Waals surface area contributed by atoms with E-state index in [1.54, 1.807) is 18.3 Å². The van der Waals surface area contributed by atoms with Gasteiger partial charge in [-0.3, -0.25) is 0 Å². The van der Waals surface area contributed by atoms with E-state index in [1.165, 1.54) is 23.6 Å². The molecule has 3 aromatic rings. The van der Waals surface area contributed by atoms with Crippen LogP contribution in [0, 0.1) is 5.95 Å². The highest BCUT2D eigenvalue weighted by Crippen LogP contribution is 2.30. The molecule has 6 heteroatoms. The zero-order valence-corrected chi connectivity index (χ0v) is 9.96. The Morgan fingerprint density at radius 2 is 2.12 bits per heavy atom. The van der Waals surface area contributed by atoms with Gasteiger partial charge in [-0.1, -0.05) is 11.6 Å². The lowest BCUT2D eigenvalue weighted by Gasteiger charge is -1.93. The van der Waals surface area contributed by atoms with Gasteiger partial charge >= 0.3 is 0 Å². The Balaban J connectivity index is 2.18. The minimum Gasteiger partial charge on any atom is -0.243 e. The summed E-state index contributed by atoms with van der Waals surface area (Å²) in [7, 11) is 0. The molecule has 3 aromatic heterocycles. The zero-order chi connectivity index (χ0) is 11.8.